The zero-order chi connectivity index (χ0) is 20.9. The van der Waals surface area contributed by atoms with Crippen LogP contribution in [0.25, 0.3) is 0 Å². The number of aliphatic carboxylic acids is 1. The first-order chi connectivity index (χ1) is 13.0. The Bertz CT molecular complexity index is 883. The molecule has 0 unspecified atom stereocenters. The largest absolute Gasteiger partial charge is 0.479 e. The Morgan fingerprint density at radius 2 is 1.61 bits per heavy atom. The number of ketones is 1. The first kappa shape index (κ1) is 22.0. The zero-order valence-corrected chi connectivity index (χ0v) is 16.9. The van der Waals surface area contributed by atoms with Crippen LogP contribution < -0.4 is 5.32 Å². The maximum absolute atomic E-state index is 12.6. The van der Waals surface area contributed by atoms with Gasteiger partial charge in [0.25, 0.3) is 0 Å². The smallest absolute Gasteiger partial charge is 0.408 e. The number of ether oxygens (including phenoxy) is 1. The van der Waals surface area contributed by atoms with Crippen molar-refractivity contribution in [3.63, 3.8) is 0 Å². The number of alkyl halides is 3. The van der Waals surface area contributed by atoms with Crippen LogP contribution in [0.5, 0.6) is 0 Å². The molecular formula is C19H16Cl3NO5. The Labute approximate surface area is 176 Å². The van der Waals surface area contributed by atoms with Crippen molar-refractivity contribution in [3.8, 4) is 0 Å². The van der Waals surface area contributed by atoms with Crippen LogP contribution in [-0.2, 0) is 15.1 Å². The van der Waals surface area contributed by atoms with Crippen molar-refractivity contribution in [2.24, 2.45) is 0 Å². The Morgan fingerprint density at radius 1 is 1.00 bits per heavy atom. The van der Waals surface area contributed by atoms with E-state index in [0.717, 1.165) is 0 Å². The van der Waals surface area contributed by atoms with E-state index in [9.17, 15) is 19.5 Å². The summed E-state index contributed by atoms with van der Waals surface area (Å²) < 4.78 is 2.91. The Kier molecular flexibility index (Phi) is 6.93. The molecule has 0 radical (unpaired) electrons. The fraction of sp³-hybridized carbons (Fsp3) is 0.211. The predicted octanol–water partition coefficient (Wildman–Crippen LogP) is 4.31. The number of hydrogen-bond donors (Lipinski definition) is 2. The van der Waals surface area contributed by atoms with E-state index >= 15 is 0 Å². The first-order valence-electron chi connectivity index (χ1n) is 7.98. The SMILES string of the molecule is C[C@@](NC(=O)OCC(Cl)(Cl)Cl)(C(=O)O)c1cccc(C(=O)c2ccccc2)c1. The van der Waals surface area contributed by atoms with E-state index in [1.807, 2.05) is 0 Å². The van der Waals surface area contributed by atoms with Crippen LogP contribution in [0.4, 0.5) is 4.79 Å². The van der Waals surface area contributed by atoms with E-state index < -0.39 is 28.0 Å². The minimum Gasteiger partial charge on any atom is -0.479 e. The molecule has 148 valence electrons. The summed E-state index contributed by atoms with van der Waals surface area (Å²) in [6.45, 7) is 0.698. The monoisotopic (exact) mass is 443 g/mol. The summed E-state index contributed by atoms with van der Waals surface area (Å²) in [6.07, 6.45) is -1.09. The Morgan fingerprint density at radius 3 is 2.18 bits per heavy atom. The van der Waals surface area contributed by atoms with Crippen molar-refractivity contribution in [2.45, 2.75) is 16.3 Å². The third-order valence-electron chi connectivity index (χ3n) is 3.88. The minimum absolute atomic E-state index is 0.174. The average molecular weight is 445 g/mol. The maximum Gasteiger partial charge on any atom is 0.408 e. The number of carboxylic acid groups (broad SMARTS) is 1. The molecule has 0 spiro atoms. The third-order valence-corrected chi connectivity index (χ3v) is 4.21. The van der Waals surface area contributed by atoms with Gasteiger partial charge in [0.1, 0.15) is 6.61 Å². The van der Waals surface area contributed by atoms with Gasteiger partial charge < -0.3 is 15.2 Å². The molecule has 2 aromatic carbocycles. The molecule has 0 fully saturated rings. The highest BCUT2D eigenvalue weighted by Gasteiger charge is 2.38. The number of carboxylic acids is 1. The van der Waals surface area contributed by atoms with E-state index in [0.29, 0.717) is 5.56 Å². The summed E-state index contributed by atoms with van der Waals surface area (Å²) in [5.74, 6) is -1.64. The molecule has 28 heavy (non-hydrogen) atoms. The lowest BCUT2D eigenvalue weighted by Gasteiger charge is -2.27. The molecule has 1 atom stereocenters. The third kappa shape index (κ3) is 5.61. The summed E-state index contributed by atoms with van der Waals surface area (Å²) in [4.78, 5) is 36.5. The van der Waals surface area contributed by atoms with Crippen LogP contribution in [0, 0.1) is 0 Å². The van der Waals surface area contributed by atoms with Crippen LogP contribution in [0.15, 0.2) is 54.6 Å². The highest BCUT2D eigenvalue weighted by atomic mass is 35.6. The molecule has 1 amide bonds. The van der Waals surface area contributed by atoms with Crippen LogP contribution in [0.1, 0.15) is 28.4 Å². The lowest BCUT2D eigenvalue weighted by Crippen LogP contribution is -2.50. The summed E-state index contributed by atoms with van der Waals surface area (Å²) in [7, 11) is 0. The minimum atomic E-state index is -1.88. The number of hydrogen-bond acceptors (Lipinski definition) is 4. The van der Waals surface area contributed by atoms with Gasteiger partial charge in [-0.2, -0.15) is 0 Å². The number of carbonyl (C=O) groups is 3. The van der Waals surface area contributed by atoms with Crippen molar-refractivity contribution in [1.29, 1.82) is 0 Å². The van der Waals surface area contributed by atoms with E-state index in [-0.39, 0.29) is 16.9 Å². The second kappa shape index (κ2) is 8.82. The van der Waals surface area contributed by atoms with Crippen molar-refractivity contribution >= 4 is 52.6 Å². The molecule has 0 bridgehead atoms. The number of benzene rings is 2. The topological polar surface area (TPSA) is 92.7 Å². The molecule has 0 aliphatic carbocycles. The fourth-order valence-electron chi connectivity index (χ4n) is 2.36. The van der Waals surface area contributed by atoms with Gasteiger partial charge in [-0.15, -0.1) is 0 Å². The number of carbonyl (C=O) groups excluding carboxylic acids is 2. The highest BCUT2D eigenvalue weighted by molar-refractivity contribution is 6.67. The fourth-order valence-corrected chi connectivity index (χ4v) is 2.53. The second-order valence-corrected chi connectivity index (χ2v) is 8.54. The summed E-state index contributed by atoms with van der Waals surface area (Å²) in [6, 6.07) is 14.5. The van der Waals surface area contributed by atoms with Crippen molar-refractivity contribution in [3.05, 3.63) is 71.3 Å². The molecule has 0 aliphatic rings. The molecule has 6 nitrogen and oxygen atoms in total. The van der Waals surface area contributed by atoms with E-state index in [1.165, 1.54) is 25.1 Å². The average Bonchev–Trinajstić information content (AvgIpc) is 2.66. The maximum atomic E-state index is 12.6. The van der Waals surface area contributed by atoms with Gasteiger partial charge in [0.2, 0.25) is 3.79 Å². The summed E-state index contributed by atoms with van der Waals surface area (Å²) >= 11 is 16.5. The normalized spacial score (nSPS) is 13.3. The molecule has 0 heterocycles. The molecule has 2 aromatic rings. The molecule has 2 rings (SSSR count). The van der Waals surface area contributed by atoms with Crippen LogP contribution >= 0.6 is 34.8 Å². The molecular weight excluding hydrogens is 429 g/mol. The van der Waals surface area contributed by atoms with Crippen molar-refractivity contribution < 1.29 is 24.2 Å². The van der Waals surface area contributed by atoms with Gasteiger partial charge in [0.05, 0.1) is 0 Å². The molecule has 0 saturated heterocycles. The van der Waals surface area contributed by atoms with E-state index in [2.05, 4.69) is 5.32 Å². The van der Waals surface area contributed by atoms with Gasteiger partial charge >= 0.3 is 12.1 Å². The van der Waals surface area contributed by atoms with Gasteiger partial charge in [-0.25, -0.2) is 9.59 Å². The summed E-state index contributed by atoms with van der Waals surface area (Å²) in [5, 5.41) is 11.9. The number of nitrogens with one attached hydrogen (secondary N) is 1. The first-order valence-corrected chi connectivity index (χ1v) is 9.12. The second-order valence-electron chi connectivity index (χ2n) is 6.02. The van der Waals surface area contributed by atoms with E-state index in [1.54, 1.807) is 36.4 Å². The lowest BCUT2D eigenvalue weighted by molar-refractivity contribution is -0.144. The molecule has 0 aromatic heterocycles. The quantitative estimate of drug-likeness (QED) is 0.511. The molecule has 9 heteroatoms. The van der Waals surface area contributed by atoms with Gasteiger partial charge in [-0.1, -0.05) is 83.3 Å². The zero-order valence-electron chi connectivity index (χ0n) is 14.6. The van der Waals surface area contributed by atoms with Gasteiger partial charge in [-0.3, -0.25) is 4.79 Å². The standard InChI is InChI=1S/C19H16Cl3NO5/c1-18(16(25)26,23-17(27)28-11-19(20,21)22)14-9-5-8-13(10-14)15(24)12-6-3-2-4-7-12/h2-10H,11H2,1H3,(H,23,27)(H,25,26)/t18-/m0/s1. The predicted molar refractivity (Wildman–Crippen MR) is 106 cm³/mol. The van der Waals surface area contributed by atoms with Crippen LogP contribution in [0.2, 0.25) is 0 Å². The van der Waals surface area contributed by atoms with Crippen molar-refractivity contribution in [1.82, 2.24) is 5.32 Å². The van der Waals surface area contributed by atoms with Crippen molar-refractivity contribution in [2.75, 3.05) is 6.61 Å². The number of amides is 1. The molecule has 0 saturated carbocycles. The van der Waals surface area contributed by atoms with Gasteiger partial charge in [-0.05, 0) is 18.6 Å². The highest BCUT2D eigenvalue weighted by Crippen LogP contribution is 2.27. The molecule has 0 aliphatic heterocycles. The summed E-state index contributed by atoms with van der Waals surface area (Å²) in [5.41, 5.74) is -0.982. The number of alkyl carbamates (subject to hydrolysis) is 1. The van der Waals surface area contributed by atoms with E-state index in [4.69, 9.17) is 39.5 Å². The Hall–Kier alpha value is -2.28. The Balaban J connectivity index is 2.29. The van der Waals surface area contributed by atoms with Gasteiger partial charge in [0, 0.05) is 11.1 Å². The van der Waals surface area contributed by atoms with Crippen LogP contribution in [-0.4, -0.2) is 33.4 Å². The van der Waals surface area contributed by atoms with Crippen LogP contribution in [0.3, 0.4) is 0 Å². The number of halogens is 3. The number of rotatable bonds is 6. The van der Waals surface area contributed by atoms with Gasteiger partial charge in [0.15, 0.2) is 11.3 Å². The molecule has 2 N–H and O–H groups in total. The lowest BCUT2D eigenvalue weighted by atomic mass is 9.89.